The highest BCUT2D eigenvalue weighted by molar-refractivity contribution is 5.95. The fourth-order valence-corrected chi connectivity index (χ4v) is 6.18. The van der Waals surface area contributed by atoms with Crippen LogP contribution >= 0.6 is 0 Å². The van der Waals surface area contributed by atoms with Crippen LogP contribution in [-0.4, -0.2) is 21.4 Å². The van der Waals surface area contributed by atoms with E-state index in [0.717, 1.165) is 10.8 Å². The second-order valence-corrected chi connectivity index (χ2v) is 9.82. The summed E-state index contributed by atoms with van der Waals surface area (Å²) in [5.74, 6) is -0.537. The molecule has 0 aliphatic carbocycles. The Bertz CT molecular complexity index is 1700. The van der Waals surface area contributed by atoms with Gasteiger partial charge >= 0.3 is 0 Å². The van der Waals surface area contributed by atoms with Gasteiger partial charge in [-0.05, 0) is 43.5 Å². The fraction of sp³-hybridized carbons (Fsp3) is 0.267. The van der Waals surface area contributed by atoms with Crippen molar-refractivity contribution in [3.8, 4) is 35.3 Å². The summed E-state index contributed by atoms with van der Waals surface area (Å²) in [6.45, 7) is 2.17. The van der Waals surface area contributed by atoms with Gasteiger partial charge in [0, 0.05) is 23.3 Å². The van der Waals surface area contributed by atoms with Crippen molar-refractivity contribution in [1.29, 1.82) is 10.5 Å². The molecule has 0 saturated carbocycles. The van der Waals surface area contributed by atoms with Crippen LogP contribution in [0.1, 0.15) is 54.9 Å². The van der Waals surface area contributed by atoms with Gasteiger partial charge in [0.1, 0.15) is 23.2 Å². The molecule has 7 nitrogen and oxygen atoms in total. The van der Waals surface area contributed by atoms with E-state index in [1.807, 2.05) is 31.2 Å². The number of hydrogen-bond acceptors (Lipinski definition) is 6. The zero-order valence-corrected chi connectivity index (χ0v) is 20.7. The van der Waals surface area contributed by atoms with Crippen molar-refractivity contribution in [3.05, 3.63) is 82.7 Å². The predicted molar refractivity (Wildman–Crippen MR) is 137 cm³/mol. The Kier molecular flexibility index (Phi) is 5.34. The number of nitriles is 2. The van der Waals surface area contributed by atoms with Gasteiger partial charge in [-0.1, -0.05) is 31.2 Å². The van der Waals surface area contributed by atoms with Crippen molar-refractivity contribution in [2.75, 3.05) is 6.61 Å². The van der Waals surface area contributed by atoms with Gasteiger partial charge < -0.3 is 19.7 Å². The summed E-state index contributed by atoms with van der Waals surface area (Å²) in [4.78, 5) is 0. The number of halogens is 1. The molecule has 2 aliphatic heterocycles. The van der Waals surface area contributed by atoms with Gasteiger partial charge in [-0.2, -0.15) is 10.5 Å². The Morgan fingerprint density at radius 1 is 0.947 bits per heavy atom. The Labute approximate surface area is 218 Å². The van der Waals surface area contributed by atoms with Crippen molar-refractivity contribution in [2.24, 2.45) is 0 Å². The van der Waals surface area contributed by atoms with E-state index in [1.54, 1.807) is 24.3 Å². The summed E-state index contributed by atoms with van der Waals surface area (Å²) < 4.78 is 27.9. The third-order valence-corrected chi connectivity index (χ3v) is 8.02. The monoisotopic (exact) mass is 509 g/mol. The molecule has 0 amide bonds. The number of aromatic nitrogens is 1. The van der Waals surface area contributed by atoms with Crippen LogP contribution in [0.25, 0.3) is 16.5 Å². The molecule has 2 N–H and O–H groups in total. The first-order valence-corrected chi connectivity index (χ1v) is 12.5. The second kappa shape index (κ2) is 8.51. The molecule has 1 aromatic heterocycles. The number of hydrogen-bond donors (Lipinski definition) is 2. The van der Waals surface area contributed by atoms with Crippen molar-refractivity contribution in [1.82, 2.24) is 4.57 Å². The summed E-state index contributed by atoms with van der Waals surface area (Å²) in [6, 6.07) is 18.9. The number of nitrogens with zero attached hydrogens (tertiary/aromatic N) is 3. The van der Waals surface area contributed by atoms with E-state index in [-0.39, 0.29) is 23.9 Å². The third kappa shape index (κ3) is 3.21. The van der Waals surface area contributed by atoms with Gasteiger partial charge in [-0.25, -0.2) is 4.39 Å². The maximum absolute atomic E-state index is 14.0. The van der Waals surface area contributed by atoms with Crippen LogP contribution in [0.3, 0.4) is 0 Å². The molecular formula is C30H24FN3O4. The lowest BCUT2D eigenvalue weighted by atomic mass is 9.76. The van der Waals surface area contributed by atoms with E-state index in [4.69, 9.17) is 14.7 Å². The topological polar surface area (TPSA) is 111 Å². The van der Waals surface area contributed by atoms with Crippen LogP contribution in [0.4, 0.5) is 4.39 Å². The SMILES string of the molecule is CC[C@]12CC[C@](CCOc3ccc(C#N)c(F)c3)(O1)c1c2c(O)n(-c2ccc(C#N)c3ccccc23)c1O. The zero-order chi connectivity index (χ0) is 26.7. The molecule has 2 atom stereocenters. The van der Waals surface area contributed by atoms with Crippen LogP contribution < -0.4 is 4.74 Å². The largest absolute Gasteiger partial charge is 0.494 e. The Hall–Kier alpha value is -4.53. The van der Waals surface area contributed by atoms with Gasteiger partial charge in [-0.3, -0.25) is 4.57 Å². The quantitative estimate of drug-likeness (QED) is 0.329. The lowest BCUT2D eigenvalue weighted by molar-refractivity contribution is -0.0986. The minimum Gasteiger partial charge on any atom is -0.494 e. The van der Waals surface area contributed by atoms with Crippen molar-refractivity contribution in [3.63, 3.8) is 0 Å². The molecule has 2 aliphatic rings. The summed E-state index contributed by atoms with van der Waals surface area (Å²) in [5, 5.41) is 43.1. The minimum absolute atomic E-state index is 0.0553. The summed E-state index contributed by atoms with van der Waals surface area (Å²) in [6.07, 6.45) is 2.28. The van der Waals surface area contributed by atoms with Gasteiger partial charge in [0.2, 0.25) is 11.8 Å². The molecule has 3 heterocycles. The van der Waals surface area contributed by atoms with Crippen LogP contribution in [0.15, 0.2) is 54.6 Å². The highest BCUT2D eigenvalue weighted by Crippen LogP contribution is 2.66. The van der Waals surface area contributed by atoms with E-state index in [0.29, 0.717) is 53.8 Å². The van der Waals surface area contributed by atoms with E-state index >= 15 is 0 Å². The van der Waals surface area contributed by atoms with Crippen molar-refractivity contribution >= 4 is 10.8 Å². The average molecular weight is 510 g/mol. The summed E-state index contributed by atoms with van der Waals surface area (Å²) in [7, 11) is 0. The molecule has 0 radical (unpaired) electrons. The normalized spacial score (nSPS) is 21.3. The number of rotatable bonds is 6. The molecule has 0 unspecified atom stereocenters. The van der Waals surface area contributed by atoms with Gasteiger partial charge in [-0.15, -0.1) is 0 Å². The molecule has 1 saturated heterocycles. The second-order valence-electron chi connectivity index (χ2n) is 9.82. The Balaban J connectivity index is 1.41. The first kappa shape index (κ1) is 23.8. The van der Waals surface area contributed by atoms with E-state index in [9.17, 15) is 19.9 Å². The van der Waals surface area contributed by atoms with E-state index < -0.39 is 17.0 Å². The highest BCUT2D eigenvalue weighted by atomic mass is 19.1. The number of benzene rings is 3. The summed E-state index contributed by atoms with van der Waals surface area (Å²) >= 11 is 0. The lowest BCUT2D eigenvalue weighted by Gasteiger charge is -2.27. The standard InChI is InChI=1S/C30H24FN3O4/c1-2-29-11-12-30(38-29,13-14-37-20-9-7-19(17-33)23(31)15-20)26-25(29)27(35)34(28(26)36)24-10-8-18(16-32)21-5-3-4-6-22(21)24/h3-10,15,35-36H,2,11-14H2,1H3/t29-,30-/m1/s1. The fourth-order valence-electron chi connectivity index (χ4n) is 6.18. The van der Waals surface area contributed by atoms with Crippen LogP contribution in [0.2, 0.25) is 0 Å². The first-order valence-electron chi connectivity index (χ1n) is 12.5. The van der Waals surface area contributed by atoms with Gasteiger partial charge in [0.15, 0.2) is 0 Å². The molecule has 2 bridgehead atoms. The maximum atomic E-state index is 14.0. The lowest BCUT2D eigenvalue weighted by Crippen LogP contribution is -2.25. The Morgan fingerprint density at radius 2 is 1.61 bits per heavy atom. The van der Waals surface area contributed by atoms with Crippen LogP contribution in [0.5, 0.6) is 17.5 Å². The molecule has 3 aromatic carbocycles. The number of ether oxygens (including phenoxy) is 2. The smallest absolute Gasteiger partial charge is 0.205 e. The molecule has 8 heteroatoms. The van der Waals surface area contributed by atoms with Gasteiger partial charge in [0.25, 0.3) is 0 Å². The molecule has 0 spiro atoms. The molecule has 6 rings (SSSR count). The third-order valence-electron chi connectivity index (χ3n) is 8.02. The Morgan fingerprint density at radius 3 is 2.29 bits per heavy atom. The van der Waals surface area contributed by atoms with E-state index in [2.05, 4.69) is 6.07 Å². The van der Waals surface area contributed by atoms with Crippen molar-refractivity contribution in [2.45, 2.75) is 43.8 Å². The number of fused-ring (bicyclic) bond motifs is 6. The summed E-state index contributed by atoms with van der Waals surface area (Å²) in [5.41, 5.74) is 0.517. The van der Waals surface area contributed by atoms with Crippen molar-refractivity contribution < 1.29 is 24.1 Å². The molecule has 190 valence electrons. The highest BCUT2D eigenvalue weighted by Gasteiger charge is 2.62. The average Bonchev–Trinajstić information content (AvgIpc) is 3.54. The molecular weight excluding hydrogens is 485 g/mol. The molecule has 4 aromatic rings. The van der Waals surface area contributed by atoms with Crippen LogP contribution in [-0.2, 0) is 15.9 Å². The maximum Gasteiger partial charge on any atom is 0.205 e. The number of aromatic hydroxyl groups is 2. The zero-order valence-electron chi connectivity index (χ0n) is 20.7. The molecule has 1 fully saturated rings. The predicted octanol–water partition coefficient (Wildman–Crippen LogP) is 6.02. The van der Waals surface area contributed by atoms with Crippen LogP contribution in [0, 0.1) is 28.5 Å². The minimum atomic E-state index is -0.883. The molecule has 38 heavy (non-hydrogen) atoms. The first-order chi connectivity index (χ1) is 18.4. The van der Waals surface area contributed by atoms with E-state index in [1.165, 1.54) is 16.7 Å². The van der Waals surface area contributed by atoms with Gasteiger partial charge in [0.05, 0.1) is 46.2 Å².